The van der Waals surface area contributed by atoms with Gasteiger partial charge in [0.2, 0.25) is 0 Å². The Morgan fingerprint density at radius 2 is 1.86 bits per heavy atom. The third-order valence-electron chi connectivity index (χ3n) is 3.63. The number of rotatable bonds is 9. The standard InChI is InChI=1S/C20H19F3N2O2S/c21-20(22,23)14-27-11-3-10-25-19(26)17-4-1-2-5-18(17)28-13-16-8-6-15(12-24)7-9-16/h1-2,4-9H,3,10-11,13-14H2,(H,25,26). The zero-order chi connectivity index (χ0) is 20.4. The molecule has 4 nitrogen and oxygen atoms in total. The van der Waals surface area contributed by atoms with Gasteiger partial charge in [-0.2, -0.15) is 18.4 Å². The molecule has 28 heavy (non-hydrogen) atoms. The van der Waals surface area contributed by atoms with Crippen LogP contribution in [0.1, 0.15) is 27.9 Å². The van der Waals surface area contributed by atoms with E-state index in [2.05, 4.69) is 16.1 Å². The molecule has 0 aliphatic rings. The lowest BCUT2D eigenvalue weighted by molar-refractivity contribution is -0.173. The molecule has 0 heterocycles. The predicted octanol–water partition coefficient (Wildman–Crippen LogP) is 4.55. The number of halogens is 3. The molecule has 0 fully saturated rings. The Morgan fingerprint density at radius 3 is 2.54 bits per heavy atom. The van der Waals surface area contributed by atoms with Gasteiger partial charge in [0.05, 0.1) is 17.2 Å². The molecule has 0 aliphatic carbocycles. The Labute approximate surface area is 165 Å². The largest absolute Gasteiger partial charge is 0.411 e. The monoisotopic (exact) mass is 408 g/mol. The van der Waals surface area contributed by atoms with Crippen LogP contribution in [0.2, 0.25) is 0 Å². The van der Waals surface area contributed by atoms with Gasteiger partial charge in [0.1, 0.15) is 6.61 Å². The van der Waals surface area contributed by atoms with Crippen LogP contribution in [0.25, 0.3) is 0 Å². The van der Waals surface area contributed by atoms with Crippen LogP contribution in [0.15, 0.2) is 53.4 Å². The number of hydrogen-bond acceptors (Lipinski definition) is 4. The molecular weight excluding hydrogens is 389 g/mol. The number of ether oxygens (including phenoxy) is 1. The SMILES string of the molecule is N#Cc1ccc(CSc2ccccc2C(=O)NCCCOCC(F)(F)F)cc1. The van der Waals surface area contributed by atoms with Crippen molar-refractivity contribution in [3.63, 3.8) is 0 Å². The van der Waals surface area contributed by atoms with Gasteiger partial charge in [-0.05, 0) is 36.2 Å². The second kappa shape index (κ2) is 10.7. The number of hydrogen-bond donors (Lipinski definition) is 1. The zero-order valence-electron chi connectivity index (χ0n) is 15.0. The lowest BCUT2D eigenvalue weighted by Gasteiger charge is -2.11. The molecule has 0 unspecified atom stereocenters. The van der Waals surface area contributed by atoms with Crippen molar-refractivity contribution in [2.75, 3.05) is 19.8 Å². The number of nitrogens with one attached hydrogen (secondary N) is 1. The van der Waals surface area contributed by atoms with Gasteiger partial charge in [-0.3, -0.25) is 4.79 Å². The Hall–Kier alpha value is -2.50. The van der Waals surface area contributed by atoms with Gasteiger partial charge in [0.25, 0.3) is 5.91 Å². The van der Waals surface area contributed by atoms with Crippen molar-refractivity contribution in [2.45, 2.75) is 23.2 Å². The van der Waals surface area contributed by atoms with Gasteiger partial charge in [-0.15, -0.1) is 11.8 Å². The van der Waals surface area contributed by atoms with E-state index in [9.17, 15) is 18.0 Å². The summed E-state index contributed by atoms with van der Waals surface area (Å²) in [6, 6.07) is 16.4. The number of carbonyl (C=O) groups is 1. The molecule has 0 atom stereocenters. The Kier molecular flexibility index (Phi) is 8.36. The maximum Gasteiger partial charge on any atom is 0.411 e. The molecule has 1 amide bonds. The summed E-state index contributed by atoms with van der Waals surface area (Å²) in [5, 5.41) is 11.5. The van der Waals surface area contributed by atoms with Gasteiger partial charge in [-0.25, -0.2) is 0 Å². The highest BCUT2D eigenvalue weighted by Crippen LogP contribution is 2.26. The van der Waals surface area contributed by atoms with Crippen LogP contribution in [0.5, 0.6) is 0 Å². The molecular formula is C20H19F3N2O2S. The van der Waals surface area contributed by atoms with E-state index in [-0.39, 0.29) is 19.1 Å². The van der Waals surface area contributed by atoms with E-state index < -0.39 is 12.8 Å². The topological polar surface area (TPSA) is 62.1 Å². The first-order valence-electron chi connectivity index (χ1n) is 8.52. The second-order valence-electron chi connectivity index (χ2n) is 5.87. The molecule has 2 aromatic rings. The molecule has 0 saturated heterocycles. The normalized spacial score (nSPS) is 11.1. The molecule has 0 bridgehead atoms. The quantitative estimate of drug-likeness (QED) is 0.488. The molecule has 1 N–H and O–H groups in total. The first-order valence-corrected chi connectivity index (χ1v) is 9.51. The molecule has 0 saturated carbocycles. The average Bonchev–Trinajstić information content (AvgIpc) is 2.68. The predicted molar refractivity (Wildman–Crippen MR) is 101 cm³/mol. The Bertz CT molecular complexity index is 817. The van der Waals surface area contributed by atoms with Crippen molar-refractivity contribution >= 4 is 17.7 Å². The van der Waals surface area contributed by atoms with Crippen LogP contribution in [0.4, 0.5) is 13.2 Å². The van der Waals surface area contributed by atoms with E-state index >= 15 is 0 Å². The number of benzene rings is 2. The third kappa shape index (κ3) is 7.62. The minimum atomic E-state index is -4.34. The maximum absolute atomic E-state index is 12.4. The van der Waals surface area contributed by atoms with Crippen LogP contribution in [0, 0.1) is 11.3 Å². The van der Waals surface area contributed by atoms with E-state index in [1.54, 1.807) is 24.3 Å². The summed E-state index contributed by atoms with van der Waals surface area (Å²) in [5.41, 5.74) is 2.13. The number of nitriles is 1. The summed E-state index contributed by atoms with van der Waals surface area (Å²) >= 11 is 1.50. The van der Waals surface area contributed by atoms with Crippen molar-refractivity contribution in [3.8, 4) is 6.07 Å². The minimum Gasteiger partial charge on any atom is -0.372 e. The molecule has 2 rings (SSSR count). The lowest BCUT2D eigenvalue weighted by Crippen LogP contribution is -2.26. The fourth-order valence-corrected chi connectivity index (χ4v) is 3.28. The number of amides is 1. The van der Waals surface area contributed by atoms with E-state index in [0.29, 0.717) is 23.3 Å². The lowest BCUT2D eigenvalue weighted by atomic mass is 10.2. The van der Waals surface area contributed by atoms with Crippen LogP contribution in [-0.4, -0.2) is 31.8 Å². The summed E-state index contributed by atoms with van der Waals surface area (Å²) in [4.78, 5) is 13.2. The number of nitrogens with zero attached hydrogens (tertiary/aromatic N) is 1. The highest BCUT2D eigenvalue weighted by molar-refractivity contribution is 7.98. The van der Waals surface area contributed by atoms with Crippen molar-refractivity contribution in [1.82, 2.24) is 5.32 Å². The Morgan fingerprint density at radius 1 is 1.14 bits per heavy atom. The van der Waals surface area contributed by atoms with Gasteiger partial charge >= 0.3 is 6.18 Å². The second-order valence-corrected chi connectivity index (χ2v) is 6.89. The van der Waals surface area contributed by atoms with Crippen molar-refractivity contribution in [1.29, 1.82) is 5.26 Å². The first kappa shape index (κ1) is 21.8. The van der Waals surface area contributed by atoms with E-state index in [1.165, 1.54) is 11.8 Å². The molecule has 148 valence electrons. The zero-order valence-corrected chi connectivity index (χ0v) is 15.8. The first-order chi connectivity index (χ1) is 13.4. The summed E-state index contributed by atoms with van der Waals surface area (Å²) in [5.74, 6) is 0.361. The van der Waals surface area contributed by atoms with E-state index in [1.807, 2.05) is 24.3 Å². The molecule has 2 aromatic carbocycles. The summed E-state index contributed by atoms with van der Waals surface area (Å²) < 4.78 is 40.5. The van der Waals surface area contributed by atoms with E-state index in [4.69, 9.17) is 5.26 Å². The van der Waals surface area contributed by atoms with Crippen molar-refractivity contribution < 1.29 is 22.7 Å². The van der Waals surface area contributed by atoms with Crippen LogP contribution in [-0.2, 0) is 10.5 Å². The summed E-state index contributed by atoms with van der Waals surface area (Å²) in [7, 11) is 0. The fraction of sp³-hybridized carbons (Fsp3) is 0.300. The summed E-state index contributed by atoms with van der Waals surface area (Å²) in [6.07, 6.45) is -4.04. The third-order valence-corrected chi connectivity index (χ3v) is 4.77. The van der Waals surface area contributed by atoms with Crippen molar-refractivity contribution in [2.24, 2.45) is 0 Å². The average molecular weight is 408 g/mol. The fourth-order valence-electron chi connectivity index (χ4n) is 2.28. The number of thioether (sulfide) groups is 1. The number of carbonyl (C=O) groups excluding carboxylic acids is 1. The van der Waals surface area contributed by atoms with Gasteiger partial charge in [0.15, 0.2) is 0 Å². The molecule has 8 heteroatoms. The van der Waals surface area contributed by atoms with E-state index in [0.717, 1.165) is 10.5 Å². The van der Waals surface area contributed by atoms with Gasteiger partial charge < -0.3 is 10.1 Å². The van der Waals surface area contributed by atoms with Crippen LogP contribution >= 0.6 is 11.8 Å². The number of alkyl halides is 3. The van der Waals surface area contributed by atoms with Crippen LogP contribution < -0.4 is 5.32 Å². The van der Waals surface area contributed by atoms with Crippen molar-refractivity contribution in [3.05, 3.63) is 65.2 Å². The molecule has 0 spiro atoms. The highest BCUT2D eigenvalue weighted by Gasteiger charge is 2.27. The molecule has 0 aliphatic heterocycles. The van der Waals surface area contributed by atoms with Crippen LogP contribution in [0.3, 0.4) is 0 Å². The van der Waals surface area contributed by atoms with Gasteiger partial charge in [-0.1, -0.05) is 24.3 Å². The minimum absolute atomic E-state index is 0.0745. The highest BCUT2D eigenvalue weighted by atomic mass is 32.2. The smallest absolute Gasteiger partial charge is 0.372 e. The molecule has 0 aromatic heterocycles. The maximum atomic E-state index is 12.4. The summed E-state index contributed by atoms with van der Waals surface area (Å²) in [6.45, 7) is -1.13. The Balaban J connectivity index is 1.83. The van der Waals surface area contributed by atoms with Gasteiger partial charge in [0, 0.05) is 23.8 Å². The molecule has 0 radical (unpaired) electrons.